The molecule has 2 heterocycles. The van der Waals surface area contributed by atoms with E-state index in [4.69, 9.17) is 0 Å². The fourth-order valence-corrected chi connectivity index (χ4v) is 1.73. The Kier molecular flexibility index (Phi) is 2.86. The molecular weight excluding hydrogens is 220 g/mol. The average molecular weight is 234 g/mol. The number of hydrogen-bond acceptors (Lipinski definition) is 2. The summed E-state index contributed by atoms with van der Waals surface area (Å²) in [6, 6.07) is 0. The molecule has 2 aromatic heterocycles. The normalized spacial score (nSPS) is 13.5. The molecule has 0 radical (unpaired) electrons. The van der Waals surface area contributed by atoms with Gasteiger partial charge in [0.2, 0.25) is 0 Å². The topological polar surface area (TPSA) is 97.3 Å². The van der Waals surface area contributed by atoms with Crippen LogP contribution in [0.15, 0.2) is 9.59 Å². The summed E-state index contributed by atoms with van der Waals surface area (Å²) in [7, 11) is 0. The van der Waals surface area contributed by atoms with Gasteiger partial charge in [-0.25, -0.2) is 0 Å². The Labute approximate surface area is 96.1 Å². The Morgan fingerprint density at radius 3 is 2.41 bits per heavy atom. The van der Waals surface area contributed by atoms with Gasteiger partial charge in [0.05, 0.1) is 16.1 Å². The van der Waals surface area contributed by atoms with Crippen molar-refractivity contribution < 1.29 is 0 Å². The third-order valence-electron chi connectivity index (χ3n) is 2.67. The molecule has 6 nitrogen and oxygen atoms in total. The molecule has 2 rings (SSSR count). The van der Waals surface area contributed by atoms with Crippen LogP contribution in [0.5, 0.6) is 0 Å². The van der Waals surface area contributed by atoms with Crippen LogP contribution in [0.4, 0.5) is 0 Å². The first-order valence-corrected chi connectivity index (χ1v) is 5.41. The second-order valence-electron chi connectivity index (χ2n) is 3.66. The van der Waals surface area contributed by atoms with E-state index in [-0.39, 0.29) is 11.1 Å². The van der Waals surface area contributed by atoms with Gasteiger partial charge in [-0.3, -0.25) is 24.9 Å². The van der Waals surface area contributed by atoms with Gasteiger partial charge in [0.15, 0.2) is 0 Å². The fourth-order valence-electron chi connectivity index (χ4n) is 1.73. The molecule has 0 bridgehead atoms. The number of nitrogens with one attached hydrogen (secondary N) is 4. The van der Waals surface area contributed by atoms with Crippen LogP contribution in [-0.2, 0) is 6.42 Å². The van der Waals surface area contributed by atoms with E-state index in [2.05, 4.69) is 20.4 Å². The zero-order chi connectivity index (χ0) is 12.4. The van der Waals surface area contributed by atoms with Crippen LogP contribution >= 0.6 is 0 Å². The van der Waals surface area contributed by atoms with Crippen LogP contribution in [0, 0.1) is 0 Å². The molecule has 17 heavy (non-hydrogen) atoms. The highest BCUT2D eigenvalue weighted by molar-refractivity contribution is 5.50. The van der Waals surface area contributed by atoms with Crippen LogP contribution in [0.1, 0.15) is 25.1 Å². The number of aromatic amines is 4. The van der Waals surface area contributed by atoms with Gasteiger partial charge in [0, 0.05) is 5.69 Å². The molecule has 0 saturated heterocycles. The maximum atomic E-state index is 11.6. The van der Waals surface area contributed by atoms with Gasteiger partial charge in [0.1, 0.15) is 0 Å². The van der Waals surface area contributed by atoms with Crippen molar-refractivity contribution in [1.29, 1.82) is 0 Å². The molecule has 6 heteroatoms. The lowest BCUT2D eigenvalue weighted by atomic mass is 10.2. The summed E-state index contributed by atoms with van der Waals surface area (Å²) in [6.07, 6.45) is 4.06. The van der Waals surface area contributed by atoms with Crippen molar-refractivity contribution in [2.45, 2.75) is 20.3 Å². The van der Waals surface area contributed by atoms with Crippen molar-refractivity contribution in [1.82, 2.24) is 20.4 Å². The van der Waals surface area contributed by atoms with Crippen LogP contribution < -0.4 is 21.7 Å². The van der Waals surface area contributed by atoms with Gasteiger partial charge in [-0.15, -0.1) is 0 Å². The zero-order valence-electron chi connectivity index (χ0n) is 9.68. The van der Waals surface area contributed by atoms with Crippen LogP contribution in [0.2, 0.25) is 0 Å². The summed E-state index contributed by atoms with van der Waals surface area (Å²) in [5.41, 5.74) is 0.837. The molecule has 0 fully saturated rings. The van der Waals surface area contributed by atoms with Crippen molar-refractivity contribution in [3.63, 3.8) is 0 Å². The minimum Gasteiger partial charge on any atom is -0.302 e. The van der Waals surface area contributed by atoms with Crippen molar-refractivity contribution >= 4 is 12.2 Å². The molecule has 0 atom stereocenters. The highest BCUT2D eigenvalue weighted by Crippen LogP contribution is 1.99. The average Bonchev–Trinajstić information content (AvgIpc) is 2.85. The maximum Gasteiger partial charge on any atom is 0.271 e. The van der Waals surface area contributed by atoms with Gasteiger partial charge >= 0.3 is 0 Å². The molecular formula is C11H14N4O2. The summed E-state index contributed by atoms with van der Waals surface area (Å²) in [5.74, 6) is 0. The lowest BCUT2D eigenvalue weighted by molar-refractivity contribution is 0.963. The molecule has 0 unspecified atom stereocenters. The Balaban J connectivity index is 2.80. The summed E-state index contributed by atoms with van der Waals surface area (Å²) in [5, 5.41) is 11.7. The molecule has 0 spiro atoms. The smallest absolute Gasteiger partial charge is 0.271 e. The summed E-state index contributed by atoms with van der Waals surface area (Å²) in [6.45, 7) is 3.75. The van der Waals surface area contributed by atoms with Gasteiger partial charge < -0.3 is 5.10 Å². The third-order valence-corrected chi connectivity index (χ3v) is 2.67. The lowest BCUT2D eigenvalue weighted by Gasteiger charge is -1.89. The Morgan fingerprint density at radius 2 is 1.76 bits per heavy atom. The highest BCUT2D eigenvalue weighted by atomic mass is 16.1. The standard InChI is InChI=1S/C11H14N4O2/c1-3-8-6(10(16)14-12-8)5-7-9(4-2)13-15-11(7)17/h3,5,12H,4H2,1-2H3,(H,14,16)(H2,13,15,17). The first-order valence-electron chi connectivity index (χ1n) is 5.41. The third kappa shape index (κ3) is 1.89. The monoisotopic (exact) mass is 234 g/mol. The molecule has 2 aromatic rings. The van der Waals surface area contributed by atoms with E-state index in [0.29, 0.717) is 22.6 Å². The second-order valence-corrected chi connectivity index (χ2v) is 3.66. The van der Waals surface area contributed by atoms with Crippen molar-refractivity contribution in [2.75, 3.05) is 0 Å². The zero-order valence-corrected chi connectivity index (χ0v) is 9.68. The number of rotatable bonds is 2. The SMILES string of the molecule is CC=c1[nH][nH]c(=O)c1=Cc1c(CC)[nH][nH]c1=O. The summed E-state index contributed by atoms with van der Waals surface area (Å²) in [4.78, 5) is 23.2. The van der Waals surface area contributed by atoms with E-state index in [1.165, 1.54) is 0 Å². The summed E-state index contributed by atoms with van der Waals surface area (Å²) < 4.78 is 0. The van der Waals surface area contributed by atoms with E-state index in [0.717, 1.165) is 5.69 Å². The maximum absolute atomic E-state index is 11.6. The molecule has 0 aliphatic heterocycles. The lowest BCUT2D eigenvalue weighted by Crippen LogP contribution is -2.33. The second kappa shape index (κ2) is 4.32. The first-order chi connectivity index (χ1) is 8.17. The van der Waals surface area contributed by atoms with E-state index in [9.17, 15) is 9.59 Å². The quantitative estimate of drug-likeness (QED) is 0.531. The van der Waals surface area contributed by atoms with Crippen LogP contribution in [0.3, 0.4) is 0 Å². The number of H-pyrrole nitrogens is 4. The minimum absolute atomic E-state index is 0.218. The number of hydrogen-bond donors (Lipinski definition) is 4. The fraction of sp³-hybridized carbons (Fsp3) is 0.273. The van der Waals surface area contributed by atoms with Gasteiger partial charge in [-0.1, -0.05) is 13.0 Å². The van der Waals surface area contributed by atoms with Crippen molar-refractivity contribution in [2.24, 2.45) is 0 Å². The van der Waals surface area contributed by atoms with Gasteiger partial charge in [0.25, 0.3) is 11.1 Å². The Bertz CT molecular complexity index is 742. The van der Waals surface area contributed by atoms with Crippen LogP contribution in [-0.4, -0.2) is 20.4 Å². The molecule has 0 aromatic carbocycles. The van der Waals surface area contributed by atoms with Crippen molar-refractivity contribution in [3.05, 3.63) is 42.5 Å². The number of aryl methyl sites for hydroxylation is 1. The molecule has 0 amide bonds. The minimum atomic E-state index is -0.235. The molecule has 0 saturated carbocycles. The molecule has 0 aliphatic carbocycles. The Hall–Kier alpha value is -2.24. The molecule has 0 aliphatic rings. The van der Waals surface area contributed by atoms with E-state index in [1.54, 1.807) is 12.2 Å². The molecule has 90 valence electrons. The van der Waals surface area contributed by atoms with Gasteiger partial charge in [-0.2, -0.15) is 0 Å². The molecule has 4 N–H and O–H groups in total. The number of aromatic nitrogens is 4. The highest BCUT2D eigenvalue weighted by Gasteiger charge is 2.06. The Morgan fingerprint density at radius 1 is 1.06 bits per heavy atom. The predicted molar refractivity (Wildman–Crippen MR) is 65.2 cm³/mol. The van der Waals surface area contributed by atoms with E-state index < -0.39 is 0 Å². The van der Waals surface area contributed by atoms with E-state index in [1.807, 2.05) is 13.8 Å². The predicted octanol–water partition coefficient (Wildman–Crippen LogP) is -1.09. The van der Waals surface area contributed by atoms with Crippen LogP contribution in [0.25, 0.3) is 12.2 Å². The van der Waals surface area contributed by atoms with Crippen molar-refractivity contribution in [3.8, 4) is 0 Å². The van der Waals surface area contributed by atoms with E-state index >= 15 is 0 Å². The first kappa shape index (κ1) is 11.3. The largest absolute Gasteiger partial charge is 0.302 e. The summed E-state index contributed by atoms with van der Waals surface area (Å²) >= 11 is 0. The van der Waals surface area contributed by atoms with Gasteiger partial charge in [-0.05, 0) is 19.4 Å².